The SMILES string of the molecule is CCc1nc(Br)c2ccc(OC)cc2n1. The lowest BCUT2D eigenvalue weighted by Crippen LogP contribution is -1.95. The van der Waals surface area contributed by atoms with Gasteiger partial charge >= 0.3 is 0 Å². The van der Waals surface area contributed by atoms with Crippen LogP contribution in [0.15, 0.2) is 22.8 Å². The van der Waals surface area contributed by atoms with E-state index in [9.17, 15) is 0 Å². The molecule has 0 unspecified atom stereocenters. The minimum absolute atomic E-state index is 0.815. The topological polar surface area (TPSA) is 35.0 Å². The molecule has 0 N–H and O–H groups in total. The second-order valence-electron chi connectivity index (χ2n) is 3.17. The fourth-order valence-electron chi connectivity index (χ4n) is 1.40. The number of nitrogens with zero attached hydrogens (tertiary/aromatic N) is 2. The number of methoxy groups -OCH3 is 1. The van der Waals surface area contributed by atoms with Crippen LogP contribution < -0.4 is 4.74 Å². The monoisotopic (exact) mass is 266 g/mol. The quantitative estimate of drug-likeness (QED) is 0.784. The average molecular weight is 267 g/mol. The zero-order chi connectivity index (χ0) is 10.8. The van der Waals surface area contributed by atoms with Crippen molar-refractivity contribution in [2.45, 2.75) is 13.3 Å². The number of hydrogen-bond acceptors (Lipinski definition) is 3. The highest BCUT2D eigenvalue weighted by Crippen LogP contribution is 2.24. The van der Waals surface area contributed by atoms with Gasteiger partial charge in [-0.2, -0.15) is 0 Å². The average Bonchev–Trinajstić information content (AvgIpc) is 2.28. The third kappa shape index (κ3) is 1.95. The molecule has 0 bridgehead atoms. The van der Waals surface area contributed by atoms with Crippen molar-refractivity contribution in [3.8, 4) is 5.75 Å². The van der Waals surface area contributed by atoms with Crippen molar-refractivity contribution >= 4 is 26.8 Å². The molecule has 0 spiro atoms. The fourth-order valence-corrected chi connectivity index (χ4v) is 1.94. The van der Waals surface area contributed by atoms with Gasteiger partial charge in [0, 0.05) is 17.9 Å². The summed E-state index contributed by atoms with van der Waals surface area (Å²) in [6, 6.07) is 5.78. The minimum atomic E-state index is 0.815. The van der Waals surface area contributed by atoms with Gasteiger partial charge in [-0.3, -0.25) is 0 Å². The molecular weight excluding hydrogens is 256 g/mol. The largest absolute Gasteiger partial charge is 0.497 e. The Labute approximate surface area is 96.6 Å². The van der Waals surface area contributed by atoms with Crippen LogP contribution in [0.2, 0.25) is 0 Å². The number of rotatable bonds is 2. The molecule has 0 atom stereocenters. The second-order valence-corrected chi connectivity index (χ2v) is 3.92. The highest BCUT2D eigenvalue weighted by molar-refractivity contribution is 9.10. The predicted molar refractivity (Wildman–Crippen MR) is 63.2 cm³/mol. The summed E-state index contributed by atoms with van der Waals surface area (Å²) >= 11 is 3.44. The molecule has 2 rings (SSSR count). The number of aryl methyl sites for hydroxylation is 1. The molecule has 1 aromatic carbocycles. The van der Waals surface area contributed by atoms with Gasteiger partial charge in [0.25, 0.3) is 0 Å². The zero-order valence-electron chi connectivity index (χ0n) is 8.62. The third-order valence-electron chi connectivity index (χ3n) is 2.22. The van der Waals surface area contributed by atoms with Crippen molar-refractivity contribution < 1.29 is 4.74 Å². The van der Waals surface area contributed by atoms with Crippen molar-refractivity contribution in [2.24, 2.45) is 0 Å². The van der Waals surface area contributed by atoms with E-state index in [1.54, 1.807) is 7.11 Å². The van der Waals surface area contributed by atoms with Crippen LogP contribution in [0, 0.1) is 0 Å². The molecule has 0 aliphatic heterocycles. The maximum Gasteiger partial charge on any atom is 0.130 e. The van der Waals surface area contributed by atoms with Crippen LogP contribution >= 0.6 is 15.9 Å². The van der Waals surface area contributed by atoms with Gasteiger partial charge in [0.1, 0.15) is 16.2 Å². The second kappa shape index (κ2) is 4.14. The van der Waals surface area contributed by atoms with Crippen LogP contribution in [-0.4, -0.2) is 17.1 Å². The molecule has 1 aromatic heterocycles. The Morgan fingerprint density at radius 2 is 2.13 bits per heavy atom. The highest BCUT2D eigenvalue weighted by atomic mass is 79.9. The molecule has 0 saturated carbocycles. The Morgan fingerprint density at radius 1 is 1.33 bits per heavy atom. The third-order valence-corrected chi connectivity index (χ3v) is 2.82. The Hall–Kier alpha value is -1.16. The van der Waals surface area contributed by atoms with E-state index in [4.69, 9.17) is 4.74 Å². The summed E-state index contributed by atoms with van der Waals surface area (Å²) in [4.78, 5) is 8.78. The Morgan fingerprint density at radius 3 is 2.80 bits per heavy atom. The molecule has 3 nitrogen and oxygen atoms in total. The lowest BCUT2D eigenvalue weighted by atomic mass is 10.2. The van der Waals surface area contributed by atoms with Crippen molar-refractivity contribution in [1.29, 1.82) is 0 Å². The summed E-state index contributed by atoms with van der Waals surface area (Å²) in [6.45, 7) is 2.04. The summed E-state index contributed by atoms with van der Waals surface area (Å²) in [5.41, 5.74) is 0.910. The molecular formula is C11H11BrN2O. The molecule has 0 radical (unpaired) electrons. The van der Waals surface area contributed by atoms with E-state index in [-0.39, 0.29) is 0 Å². The van der Waals surface area contributed by atoms with Crippen LogP contribution in [0.4, 0.5) is 0 Å². The van der Waals surface area contributed by atoms with Crippen LogP contribution in [0.5, 0.6) is 5.75 Å². The van der Waals surface area contributed by atoms with E-state index in [0.29, 0.717) is 0 Å². The highest BCUT2D eigenvalue weighted by Gasteiger charge is 2.05. The van der Waals surface area contributed by atoms with Gasteiger partial charge in [0.05, 0.1) is 12.6 Å². The number of benzene rings is 1. The summed E-state index contributed by atoms with van der Waals surface area (Å²) < 4.78 is 6.00. The molecule has 0 fully saturated rings. The molecule has 0 aliphatic rings. The Kier molecular flexibility index (Phi) is 2.86. The molecule has 2 aromatic rings. The summed E-state index contributed by atoms with van der Waals surface area (Å²) in [5, 5.41) is 1.01. The predicted octanol–water partition coefficient (Wildman–Crippen LogP) is 2.96. The molecule has 0 aliphatic carbocycles. The first kappa shape index (κ1) is 10.4. The zero-order valence-corrected chi connectivity index (χ0v) is 10.2. The van der Waals surface area contributed by atoms with Crippen LogP contribution in [0.3, 0.4) is 0 Å². The van der Waals surface area contributed by atoms with Gasteiger partial charge in [-0.1, -0.05) is 6.92 Å². The van der Waals surface area contributed by atoms with E-state index in [0.717, 1.165) is 33.5 Å². The molecule has 78 valence electrons. The van der Waals surface area contributed by atoms with E-state index in [2.05, 4.69) is 25.9 Å². The van der Waals surface area contributed by atoms with E-state index >= 15 is 0 Å². The molecule has 4 heteroatoms. The first-order chi connectivity index (χ1) is 7.24. The van der Waals surface area contributed by atoms with Crippen LogP contribution in [-0.2, 0) is 6.42 Å². The first-order valence-electron chi connectivity index (χ1n) is 4.74. The number of halogens is 1. The van der Waals surface area contributed by atoms with Crippen LogP contribution in [0.25, 0.3) is 10.9 Å². The lowest BCUT2D eigenvalue weighted by molar-refractivity contribution is 0.415. The van der Waals surface area contributed by atoms with Crippen molar-refractivity contribution in [2.75, 3.05) is 7.11 Å². The standard InChI is InChI=1S/C11H11BrN2O/c1-3-10-13-9-6-7(15-2)4-5-8(9)11(12)14-10/h4-6H,3H2,1-2H3. The van der Waals surface area contributed by atoms with Crippen molar-refractivity contribution in [3.05, 3.63) is 28.6 Å². The summed E-state index contributed by atoms with van der Waals surface area (Å²) in [6.07, 6.45) is 0.825. The molecule has 1 heterocycles. The number of hydrogen-bond donors (Lipinski definition) is 0. The van der Waals surface area contributed by atoms with E-state index in [1.165, 1.54) is 0 Å². The Bertz CT molecular complexity index is 494. The first-order valence-corrected chi connectivity index (χ1v) is 5.54. The van der Waals surface area contributed by atoms with Gasteiger partial charge in [-0.05, 0) is 28.1 Å². The molecule has 0 amide bonds. The van der Waals surface area contributed by atoms with Gasteiger partial charge in [0.15, 0.2) is 0 Å². The van der Waals surface area contributed by atoms with Gasteiger partial charge in [-0.25, -0.2) is 9.97 Å². The Balaban J connectivity index is 2.69. The molecule has 0 saturated heterocycles. The van der Waals surface area contributed by atoms with Crippen LogP contribution in [0.1, 0.15) is 12.7 Å². The van der Waals surface area contributed by atoms with Gasteiger partial charge < -0.3 is 4.74 Å². The van der Waals surface area contributed by atoms with Gasteiger partial charge in [-0.15, -0.1) is 0 Å². The number of aromatic nitrogens is 2. The fraction of sp³-hybridized carbons (Fsp3) is 0.273. The maximum atomic E-state index is 5.16. The minimum Gasteiger partial charge on any atom is -0.497 e. The van der Waals surface area contributed by atoms with E-state index < -0.39 is 0 Å². The maximum absolute atomic E-state index is 5.16. The van der Waals surface area contributed by atoms with Gasteiger partial charge in [0.2, 0.25) is 0 Å². The van der Waals surface area contributed by atoms with E-state index in [1.807, 2.05) is 25.1 Å². The normalized spacial score (nSPS) is 10.6. The lowest BCUT2D eigenvalue weighted by Gasteiger charge is -2.04. The summed E-state index contributed by atoms with van der Waals surface area (Å²) in [5.74, 6) is 1.65. The van der Waals surface area contributed by atoms with Crippen molar-refractivity contribution in [3.63, 3.8) is 0 Å². The summed E-state index contributed by atoms with van der Waals surface area (Å²) in [7, 11) is 1.65. The van der Waals surface area contributed by atoms with Crippen molar-refractivity contribution in [1.82, 2.24) is 9.97 Å². The smallest absolute Gasteiger partial charge is 0.130 e. The number of ether oxygens (including phenoxy) is 1. The molecule has 15 heavy (non-hydrogen) atoms. The number of fused-ring (bicyclic) bond motifs is 1.